The third-order valence-electron chi connectivity index (χ3n) is 4.56. The Labute approximate surface area is 110 Å². The fourth-order valence-electron chi connectivity index (χ4n) is 3.47. The summed E-state index contributed by atoms with van der Waals surface area (Å²) in [6.07, 6.45) is 9.41. The van der Waals surface area contributed by atoms with Crippen LogP contribution < -0.4 is 5.32 Å². The molecule has 1 spiro atoms. The largest absolute Gasteiger partial charge is 0.309 e. The van der Waals surface area contributed by atoms with Crippen LogP contribution in [-0.2, 0) is 6.54 Å². The Hall–Kier alpha value is -0.930. The molecule has 98 valence electrons. The van der Waals surface area contributed by atoms with Gasteiger partial charge in [-0.25, -0.2) is 0 Å². The van der Waals surface area contributed by atoms with E-state index in [0.717, 1.165) is 19.6 Å². The molecule has 0 amide bonds. The molecule has 1 aliphatic carbocycles. The number of nitrogens with zero attached hydrogens (tertiary/aromatic N) is 2. The first-order valence-corrected chi connectivity index (χ1v) is 7.14. The summed E-state index contributed by atoms with van der Waals surface area (Å²) in [5, 5.41) is 3.77. The number of nitrogens with one attached hydrogen (secondary N) is 1. The van der Waals surface area contributed by atoms with E-state index in [4.69, 9.17) is 0 Å². The van der Waals surface area contributed by atoms with Gasteiger partial charge in [-0.05, 0) is 37.0 Å². The predicted molar refractivity (Wildman–Crippen MR) is 73.5 cm³/mol. The van der Waals surface area contributed by atoms with Crippen molar-refractivity contribution in [3.63, 3.8) is 0 Å². The molecule has 18 heavy (non-hydrogen) atoms. The molecule has 3 heteroatoms. The minimum absolute atomic E-state index is 0.425. The number of rotatable bonds is 2. The van der Waals surface area contributed by atoms with Gasteiger partial charge >= 0.3 is 0 Å². The van der Waals surface area contributed by atoms with Crippen LogP contribution in [0.2, 0.25) is 0 Å². The molecule has 3 nitrogen and oxygen atoms in total. The SMILES string of the molecule is Cc1ccncc1CN1CCNC2(CCCC2)C1. The summed E-state index contributed by atoms with van der Waals surface area (Å²) in [5.74, 6) is 0. The minimum Gasteiger partial charge on any atom is -0.309 e. The maximum absolute atomic E-state index is 4.26. The predicted octanol–water partition coefficient (Wildman–Crippen LogP) is 2.11. The Kier molecular flexibility index (Phi) is 3.35. The van der Waals surface area contributed by atoms with Gasteiger partial charge in [0.2, 0.25) is 0 Å². The van der Waals surface area contributed by atoms with E-state index in [2.05, 4.69) is 28.2 Å². The van der Waals surface area contributed by atoms with Crippen LogP contribution in [0.1, 0.15) is 36.8 Å². The number of pyridine rings is 1. The zero-order valence-electron chi connectivity index (χ0n) is 11.3. The lowest BCUT2D eigenvalue weighted by atomic mass is 9.94. The van der Waals surface area contributed by atoms with E-state index in [9.17, 15) is 0 Å². The van der Waals surface area contributed by atoms with E-state index in [1.807, 2.05) is 12.4 Å². The molecule has 1 saturated heterocycles. The van der Waals surface area contributed by atoms with Crippen LogP contribution in [0, 0.1) is 6.92 Å². The molecule has 1 aromatic rings. The van der Waals surface area contributed by atoms with Crippen molar-refractivity contribution >= 4 is 0 Å². The zero-order valence-corrected chi connectivity index (χ0v) is 11.3. The van der Waals surface area contributed by atoms with E-state index in [-0.39, 0.29) is 0 Å². The van der Waals surface area contributed by atoms with Crippen molar-refractivity contribution < 1.29 is 0 Å². The van der Waals surface area contributed by atoms with Gasteiger partial charge in [-0.15, -0.1) is 0 Å². The lowest BCUT2D eigenvalue weighted by Gasteiger charge is -2.41. The fourth-order valence-corrected chi connectivity index (χ4v) is 3.47. The van der Waals surface area contributed by atoms with E-state index < -0.39 is 0 Å². The topological polar surface area (TPSA) is 28.2 Å². The van der Waals surface area contributed by atoms with Gasteiger partial charge in [-0.3, -0.25) is 9.88 Å². The van der Waals surface area contributed by atoms with Gasteiger partial charge in [0.05, 0.1) is 0 Å². The molecule has 0 aromatic carbocycles. The monoisotopic (exact) mass is 245 g/mol. The summed E-state index contributed by atoms with van der Waals surface area (Å²) in [5.41, 5.74) is 3.17. The van der Waals surface area contributed by atoms with Crippen molar-refractivity contribution in [2.75, 3.05) is 19.6 Å². The third kappa shape index (κ3) is 2.43. The van der Waals surface area contributed by atoms with Crippen molar-refractivity contribution in [1.82, 2.24) is 15.2 Å². The molecule has 1 N–H and O–H groups in total. The summed E-state index contributed by atoms with van der Waals surface area (Å²) in [6, 6.07) is 2.11. The van der Waals surface area contributed by atoms with Crippen LogP contribution in [0.3, 0.4) is 0 Å². The number of hydrogen-bond donors (Lipinski definition) is 1. The van der Waals surface area contributed by atoms with E-state index in [0.29, 0.717) is 5.54 Å². The van der Waals surface area contributed by atoms with Crippen LogP contribution in [0.4, 0.5) is 0 Å². The van der Waals surface area contributed by atoms with E-state index in [1.165, 1.54) is 43.4 Å². The molecule has 1 aliphatic heterocycles. The highest BCUT2D eigenvalue weighted by atomic mass is 15.2. The molecule has 3 rings (SSSR count). The molecular weight excluding hydrogens is 222 g/mol. The number of piperazine rings is 1. The first-order chi connectivity index (χ1) is 8.77. The summed E-state index contributed by atoms with van der Waals surface area (Å²) in [7, 11) is 0. The molecule has 0 unspecified atom stereocenters. The average molecular weight is 245 g/mol. The highest BCUT2D eigenvalue weighted by molar-refractivity contribution is 5.21. The van der Waals surface area contributed by atoms with Crippen molar-refractivity contribution in [2.24, 2.45) is 0 Å². The minimum atomic E-state index is 0.425. The fraction of sp³-hybridized carbons (Fsp3) is 0.667. The maximum atomic E-state index is 4.26. The van der Waals surface area contributed by atoms with Crippen LogP contribution in [0.5, 0.6) is 0 Å². The molecule has 1 aromatic heterocycles. The number of aryl methyl sites for hydroxylation is 1. The van der Waals surface area contributed by atoms with Crippen LogP contribution in [0.25, 0.3) is 0 Å². The Bertz CT molecular complexity index is 410. The summed E-state index contributed by atoms with van der Waals surface area (Å²) in [4.78, 5) is 6.86. The molecular formula is C15H23N3. The number of hydrogen-bond acceptors (Lipinski definition) is 3. The van der Waals surface area contributed by atoms with Gasteiger partial charge in [-0.2, -0.15) is 0 Å². The van der Waals surface area contributed by atoms with Gasteiger partial charge < -0.3 is 5.32 Å². The lowest BCUT2D eigenvalue weighted by Crippen LogP contribution is -2.58. The molecule has 2 fully saturated rings. The zero-order chi connectivity index (χ0) is 12.4. The second-order valence-electron chi connectivity index (χ2n) is 5.93. The Morgan fingerprint density at radius 3 is 3.00 bits per heavy atom. The van der Waals surface area contributed by atoms with Crippen molar-refractivity contribution in [3.8, 4) is 0 Å². The van der Waals surface area contributed by atoms with Crippen molar-refractivity contribution in [2.45, 2.75) is 44.7 Å². The first-order valence-electron chi connectivity index (χ1n) is 7.14. The second kappa shape index (κ2) is 4.98. The van der Waals surface area contributed by atoms with Crippen LogP contribution >= 0.6 is 0 Å². The molecule has 1 saturated carbocycles. The Morgan fingerprint density at radius 1 is 1.39 bits per heavy atom. The standard InChI is InChI=1S/C15H23N3/c1-13-4-7-16-10-14(13)11-18-9-8-17-15(12-18)5-2-3-6-15/h4,7,10,17H,2-3,5-6,8-9,11-12H2,1H3. The highest BCUT2D eigenvalue weighted by Gasteiger charge is 2.37. The quantitative estimate of drug-likeness (QED) is 0.865. The Balaban J connectivity index is 1.68. The molecule has 0 radical (unpaired) electrons. The first kappa shape index (κ1) is 12.1. The summed E-state index contributed by atoms with van der Waals surface area (Å²) in [6.45, 7) is 6.75. The average Bonchev–Trinajstić information content (AvgIpc) is 2.80. The molecule has 2 aliphatic rings. The van der Waals surface area contributed by atoms with Gasteiger partial charge in [0.15, 0.2) is 0 Å². The van der Waals surface area contributed by atoms with Gasteiger partial charge in [-0.1, -0.05) is 12.8 Å². The van der Waals surface area contributed by atoms with Gasteiger partial charge in [0.1, 0.15) is 0 Å². The second-order valence-corrected chi connectivity index (χ2v) is 5.93. The van der Waals surface area contributed by atoms with Gasteiger partial charge in [0, 0.05) is 44.1 Å². The van der Waals surface area contributed by atoms with Crippen LogP contribution in [0.15, 0.2) is 18.5 Å². The normalized spacial score (nSPS) is 23.6. The van der Waals surface area contributed by atoms with E-state index >= 15 is 0 Å². The van der Waals surface area contributed by atoms with Gasteiger partial charge in [0.25, 0.3) is 0 Å². The molecule has 0 bridgehead atoms. The molecule has 2 heterocycles. The van der Waals surface area contributed by atoms with Crippen molar-refractivity contribution in [3.05, 3.63) is 29.6 Å². The third-order valence-corrected chi connectivity index (χ3v) is 4.56. The van der Waals surface area contributed by atoms with E-state index in [1.54, 1.807) is 0 Å². The maximum Gasteiger partial charge on any atom is 0.0315 e. The summed E-state index contributed by atoms with van der Waals surface area (Å²) < 4.78 is 0. The highest BCUT2D eigenvalue weighted by Crippen LogP contribution is 2.32. The Morgan fingerprint density at radius 2 is 2.22 bits per heavy atom. The lowest BCUT2D eigenvalue weighted by molar-refractivity contribution is 0.128. The molecule has 0 atom stereocenters. The van der Waals surface area contributed by atoms with Crippen molar-refractivity contribution in [1.29, 1.82) is 0 Å². The van der Waals surface area contributed by atoms with Crippen LogP contribution in [-0.4, -0.2) is 35.1 Å². The summed E-state index contributed by atoms with van der Waals surface area (Å²) >= 11 is 0. The number of aromatic nitrogens is 1. The smallest absolute Gasteiger partial charge is 0.0315 e.